The third-order valence-corrected chi connectivity index (χ3v) is 6.35. The summed E-state index contributed by atoms with van der Waals surface area (Å²) in [6, 6.07) is 12.5. The Labute approximate surface area is 165 Å². The molecule has 0 bridgehead atoms. The molecule has 2 aliphatic rings. The van der Waals surface area contributed by atoms with E-state index >= 15 is 0 Å². The van der Waals surface area contributed by atoms with Gasteiger partial charge in [0, 0.05) is 38.6 Å². The number of hydrogen-bond acceptors (Lipinski definition) is 5. The van der Waals surface area contributed by atoms with Gasteiger partial charge in [0.25, 0.3) is 0 Å². The molecule has 6 heteroatoms. The molecule has 0 amide bonds. The molecule has 0 saturated carbocycles. The number of benzene rings is 1. The van der Waals surface area contributed by atoms with E-state index in [1.165, 1.54) is 17.1 Å². The van der Waals surface area contributed by atoms with E-state index in [-0.39, 0.29) is 5.54 Å². The maximum Gasteiger partial charge on any atom is 0.225 e. The minimum absolute atomic E-state index is 0.00527. The first kappa shape index (κ1) is 17.4. The van der Waals surface area contributed by atoms with Crippen LogP contribution in [0.3, 0.4) is 0 Å². The summed E-state index contributed by atoms with van der Waals surface area (Å²) >= 11 is 0. The second kappa shape index (κ2) is 7.02. The predicted molar refractivity (Wildman–Crippen MR) is 110 cm³/mol. The highest BCUT2D eigenvalue weighted by Crippen LogP contribution is 2.42. The van der Waals surface area contributed by atoms with E-state index in [4.69, 9.17) is 4.98 Å². The van der Waals surface area contributed by atoms with Crippen molar-refractivity contribution in [3.63, 3.8) is 0 Å². The molecule has 0 unspecified atom stereocenters. The van der Waals surface area contributed by atoms with Crippen LogP contribution in [0.1, 0.15) is 25.6 Å². The molecule has 1 fully saturated rings. The van der Waals surface area contributed by atoms with Crippen molar-refractivity contribution < 1.29 is 0 Å². The number of fused-ring (bicyclic) bond motifs is 2. The Kier molecular flexibility index (Phi) is 4.36. The van der Waals surface area contributed by atoms with E-state index in [0.717, 1.165) is 51.5 Å². The van der Waals surface area contributed by atoms with Crippen LogP contribution in [0.2, 0.25) is 0 Å². The lowest BCUT2D eigenvalue weighted by molar-refractivity contribution is 0.0296. The van der Waals surface area contributed by atoms with Crippen molar-refractivity contribution in [2.75, 3.05) is 31.1 Å². The van der Waals surface area contributed by atoms with E-state index in [2.05, 4.69) is 67.8 Å². The Balaban J connectivity index is 1.49. The molecule has 0 aliphatic carbocycles. The normalized spacial score (nSPS) is 19.0. The lowest BCUT2D eigenvalue weighted by Gasteiger charge is -2.50. The zero-order chi connectivity index (χ0) is 19.0. The summed E-state index contributed by atoms with van der Waals surface area (Å²) in [5.74, 6) is 2.07. The summed E-state index contributed by atoms with van der Waals surface area (Å²) in [5.41, 5.74) is 2.49. The largest absolute Gasteiger partial charge is 0.341 e. The Morgan fingerprint density at radius 3 is 2.36 bits per heavy atom. The van der Waals surface area contributed by atoms with Crippen molar-refractivity contribution in [3.8, 4) is 11.3 Å². The minimum Gasteiger partial charge on any atom is -0.341 e. The van der Waals surface area contributed by atoms with Crippen LogP contribution in [-0.2, 0) is 12.1 Å². The maximum absolute atomic E-state index is 4.98. The van der Waals surface area contributed by atoms with E-state index in [1.54, 1.807) is 0 Å². The second-order valence-electron chi connectivity index (χ2n) is 7.63. The van der Waals surface area contributed by atoms with E-state index in [0.29, 0.717) is 0 Å². The number of anilines is 1. The number of aromatic nitrogens is 4. The van der Waals surface area contributed by atoms with Crippen LogP contribution in [0, 0.1) is 0 Å². The molecule has 1 aromatic carbocycles. The van der Waals surface area contributed by atoms with Crippen LogP contribution < -0.4 is 4.90 Å². The fraction of sp³-hybridized carbons (Fsp3) is 0.409. The number of rotatable bonds is 3. The molecule has 28 heavy (non-hydrogen) atoms. The Morgan fingerprint density at radius 2 is 1.64 bits per heavy atom. The van der Waals surface area contributed by atoms with Crippen molar-refractivity contribution in [2.45, 2.75) is 31.8 Å². The van der Waals surface area contributed by atoms with Gasteiger partial charge in [-0.05, 0) is 31.0 Å². The van der Waals surface area contributed by atoms with Gasteiger partial charge in [-0.2, -0.15) is 0 Å². The SMILES string of the molecule is CCN1CCn2c(-c3ccccc3)cnc2C12CCN(c1ncccn1)CC2. The molecule has 2 aliphatic heterocycles. The number of likely N-dealkylation sites (N-methyl/N-ethyl adjacent to an activating group) is 1. The maximum atomic E-state index is 4.98. The average molecular weight is 374 g/mol. The first-order valence-electron chi connectivity index (χ1n) is 10.2. The summed E-state index contributed by atoms with van der Waals surface area (Å²) in [6.45, 7) is 7.30. The van der Waals surface area contributed by atoms with Crippen molar-refractivity contribution in [1.82, 2.24) is 24.4 Å². The fourth-order valence-corrected chi connectivity index (χ4v) is 4.92. The third-order valence-electron chi connectivity index (χ3n) is 6.35. The van der Waals surface area contributed by atoms with Gasteiger partial charge in [-0.15, -0.1) is 0 Å². The fourth-order valence-electron chi connectivity index (χ4n) is 4.92. The van der Waals surface area contributed by atoms with Gasteiger partial charge in [-0.3, -0.25) is 4.90 Å². The van der Waals surface area contributed by atoms with Gasteiger partial charge in [0.05, 0.1) is 17.4 Å². The monoisotopic (exact) mass is 374 g/mol. The first-order valence-corrected chi connectivity index (χ1v) is 10.2. The molecule has 4 heterocycles. The number of piperidine rings is 1. The summed E-state index contributed by atoms with van der Waals surface area (Å²) in [7, 11) is 0. The van der Waals surface area contributed by atoms with Gasteiger partial charge < -0.3 is 9.47 Å². The quantitative estimate of drug-likeness (QED) is 0.705. The average Bonchev–Trinajstić information content (AvgIpc) is 3.21. The Bertz CT molecular complexity index is 928. The molecule has 3 aromatic rings. The smallest absolute Gasteiger partial charge is 0.225 e. The van der Waals surface area contributed by atoms with Crippen LogP contribution in [0.25, 0.3) is 11.3 Å². The van der Waals surface area contributed by atoms with Crippen molar-refractivity contribution in [3.05, 3.63) is 60.8 Å². The van der Waals surface area contributed by atoms with E-state index in [9.17, 15) is 0 Å². The lowest BCUT2D eigenvalue weighted by atomic mass is 9.83. The summed E-state index contributed by atoms with van der Waals surface area (Å²) < 4.78 is 2.45. The minimum atomic E-state index is 0.00527. The van der Waals surface area contributed by atoms with Crippen LogP contribution in [0.15, 0.2) is 55.0 Å². The first-order chi connectivity index (χ1) is 13.8. The lowest BCUT2D eigenvalue weighted by Crippen LogP contribution is -2.58. The van der Waals surface area contributed by atoms with Gasteiger partial charge in [-0.25, -0.2) is 15.0 Å². The predicted octanol–water partition coefficient (Wildman–Crippen LogP) is 3.17. The zero-order valence-electron chi connectivity index (χ0n) is 16.3. The standard InChI is InChI=1S/C22H26N6/c1-2-27-15-16-28-19(18-7-4-3-5-8-18)17-25-20(28)22(27)9-13-26(14-10-22)21-23-11-6-12-24-21/h3-8,11-12,17H,2,9-10,13-16H2,1H3. The second-order valence-corrected chi connectivity index (χ2v) is 7.63. The van der Waals surface area contributed by atoms with E-state index in [1.807, 2.05) is 18.5 Å². The number of nitrogens with zero attached hydrogens (tertiary/aromatic N) is 6. The molecule has 1 spiro atoms. The van der Waals surface area contributed by atoms with Crippen molar-refractivity contribution >= 4 is 5.95 Å². The summed E-state index contributed by atoms with van der Waals surface area (Å²) in [5, 5.41) is 0. The summed E-state index contributed by atoms with van der Waals surface area (Å²) in [4.78, 5) is 18.8. The van der Waals surface area contributed by atoms with Gasteiger partial charge in [0.1, 0.15) is 5.82 Å². The van der Waals surface area contributed by atoms with Gasteiger partial charge in [-0.1, -0.05) is 37.3 Å². The van der Waals surface area contributed by atoms with Crippen molar-refractivity contribution in [2.24, 2.45) is 0 Å². The Morgan fingerprint density at radius 1 is 0.893 bits per heavy atom. The van der Waals surface area contributed by atoms with Crippen LogP contribution in [-0.4, -0.2) is 50.6 Å². The van der Waals surface area contributed by atoms with Gasteiger partial charge in [0.2, 0.25) is 5.95 Å². The molecular formula is C22H26N6. The molecule has 0 atom stereocenters. The number of imidazole rings is 1. The molecule has 0 radical (unpaired) electrons. The Hall–Kier alpha value is -2.73. The summed E-state index contributed by atoms with van der Waals surface area (Å²) in [6.07, 6.45) is 7.81. The molecule has 1 saturated heterocycles. The van der Waals surface area contributed by atoms with Gasteiger partial charge in [0.15, 0.2) is 0 Å². The van der Waals surface area contributed by atoms with Crippen LogP contribution in [0.4, 0.5) is 5.95 Å². The molecule has 2 aromatic heterocycles. The molecule has 6 nitrogen and oxygen atoms in total. The highest BCUT2D eigenvalue weighted by atomic mass is 15.3. The highest BCUT2D eigenvalue weighted by molar-refractivity contribution is 5.59. The third kappa shape index (κ3) is 2.71. The van der Waals surface area contributed by atoms with Crippen LogP contribution >= 0.6 is 0 Å². The number of hydrogen-bond donors (Lipinski definition) is 0. The molecule has 144 valence electrons. The molecular weight excluding hydrogens is 348 g/mol. The highest BCUT2D eigenvalue weighted by Gasteiger charge is 2.46. The van der Waals surface area contributed by atoms with Gasteiger partial charge >= 0.3 is 0 Å². The zero-order valence-corrected chi connectivity index (χ0v) is 16.3. The van der Waals surface area contributed by atoms with E-state index < -0.39 is 0 Å². The molecule has 0 N–H and O–H groups in total. The molecule has 5 rings (SSSR count). The van der Waals surface area contributed by atoms with Crippen LogP contribution in [0.5, 0.6) is 0 Å². The topological polar surface area (TPSA) is 50.1 Å². The van der Waals surface area contributed by atoms with Crippen molar-refractivity contribution in [1.29, 1.82) is 0 Å².